The summed E-state index contributed by atoms with van der Waals surface area (Å²) in [6.45, 7) is 5.05. The maximum atomic E-state index is 12.5. The molecule has 1 aliphatic rings. The molecule has 0 bridgehead atoms. The van der Waals surface area contributed by atoms with Crippen molar-refractivity contribution in [2.24, 2.45) is 0 Å². The molecule has 168 valence electrons. The van der Waals surface area contributed by atoms with Crippen molar-refractivity contribution in [3.8, 4) is 0 Å². The van der Waals surface area contributed by atoms with Gasteiger partial charge in [-0.2, -0.15) is 0 Å². The second-order valence-electron chi connectivity index (χ2n) is 7.88. The highest BCUT2D eigenvalue weighted by Crippen LogP contribution is 2.15. The van der Waals surface area contributed by atoms with Crippen molar-refractivity contribution in [3.63, 3.8) is 0 Å². The van der Waals surface area contributed by atoms with Crippen LogP contribution < -0.4 is 5.32 Å². The van der Waals surface area contributed by atoms with Gasteiger partial charge in [-0.05, 0) is 32.8 Å². The van der Waals surface area contributed by atoms with Gasteiger partial charge in [-0.15, -0.1) is 5.06 Å². The van der Waals surface area contributed by atoms with Gasteiger partial charge < -0.3 is 19.6 Å². The van der Waals surface area contributed by atoms with E-state index >= 15 is 0 Å². The van der Waals surface area contributed by atoms with Crippen LogP contribution in [0, 0.1) is 0 Å². The summed E-state index contributed by atoms with van der Waals surface area (Å²) in [4.78, 5) is 64.9. The van der Waals surface area contributed by atoms with E-state index in [1.54, 1.807) is 45.0 Å². The van der Waals surface area contributed by atoms with Crippen molar-refractivity contribution in [3.05, 3.63) is 35.9 Å². The Morgan fingerprint density at radius 2 is 1.68 bits per heavy atom. The lowest BCUT2D eigenvalue weighted by atomic mass is 10.1. The number of alkyl carbamates (subject to hydrolysis) is 1. The molecule has 0 spiro atoms. The van der Waals surface area contributed by atoms with E-state index in [0.717, 1.165) is 5.56 Å². The van der Waals surface area contributed by atoms with Gasteiger partial charge in [-0.25, -0.2) is 9.59 Å². The lowest BCUT2D eigenvalue weighted by molar-refractivity contribution is -0.199. The van der Waals surface area contributed by atoms with Crippen LogP contribution in [0.3, 0.4) is 0 Å². The zero-order chi connectivity index (χ0) is 23.0. The average Bonchev–Trinajstić information content (AvgIpc) is 3.01. The van der Waals surface area contributed by atoms with Gasteiger partial charge in [-0.1, -0.05) is 30.3 Å². The van der Waals surface area contributed by atoms with Crippen LogP contribution >= 0.6 is 0 Å². The highest BCUT2D eigenvalue weighted by Gasteiger charge is 2.35. The third kappa shape index (κ3) is 8.07. The second-order valence-corrected chi connectivity index (χ2v) is 7.88. The second kappa shape index (κ2) is 10.6. The molecular formula is C21H26N2O8. The standard InChI is InChI=1S/C21H26N2O8/c1-21(2,3)30-18(26)12-9-15(19(27)31-23-16(24)10-11-17(23)25)22-20(28)29-13-14-7-5-4-6-8-14/h4-8,15H,9-13H2,1-3H3,(H,22,28)/t15-/m1/s1. The number of carbonyl (C=O) groups is 5. The fraction of sp³-hybridized carbons (Fsp3) is 0.476. The molecule has 0 unspecified atom stereocenters. The minimum absolute atomic E-state index is 0.0381. The van der Waals surface area contributed by atoms with Gasteiger partial charge >= 0.3 is 18.0 Å². The summed E-state index contributed by atoms with van der Waals surface area (Å²) in [5.41, 5.74) is 0.0163. The maximum absolute atomic E-state index is 12.5. The summed E-state index contributed by atoms with van der Waals surface area (Å²) in [7, 11) is 0. The predicted molar refractivity (Wildman–Crippen MR) is 106 cm³/mol. The van der Waals surface area contributed by atoms with Crippen LogP contribution in [-0.2, 0) is 40.1 Å². The fourth-order valence-corrected chi connectivity index (χ4v) is 2.62. The highest BCUT2D eigenvalue weighted by molar-refractivity contribution is 6.01. The number of ether oxygens (including phenoxy) is 2. The van der Waals surface area contributed by atoms with E-state index in [4.69, 9.17) is 14.3 Å². The van der Waals surface area contributed by atoms with Crippen molar-refractivity contribution in [2.75, 3.05) is 0 Å². The first kappa shape index (κ1) is 23.8. The summed E-state index contributed by atoms with van der Waals surface area (Å²) >= 11 is 0. The number of amides is 3. The summed E-state index contributed by atoms with van der Waals surface area (Å²) < 4.78 is 10.3. The molecule has 0 aromatic heterocycles. The van der Waals surface area contributed by atoms with E-state index in [1.807, 2.05) is 6.07 Å². The first-order chi connectivity index (χ1) is 14.5. The number of hydrogen-bond acceptors (Lipinski definition) is 8. The summed E-state index contributed by atoms with van der Waals surface area (Å²) in [6.07, 6.45) is -1.45. The molecule has 2 rings (SSSR count). The van der Waals surface area contributed by atoms with E-state index in [1.165, 1.54) is 0 Å². The molecule has 1 N–H and O–H groups in total. The predicted octanol–water partition coefficient (Wildman–Crippen LogP) is 2.01. The van der Waals surface area contributed by atoms with Crippen molar-refractivity contribution >= 4 is 29.8 Å². The third-order valence-electron chi connectivity index (χ3n) is 4.03. The minimum Gasteiger partial charge on any atom is -0.460 e. The van der Waals surface area contributed by atoms with Crippen LogP contribution in [0.1, 0.15) is 52.0 Å². The van der Waals surface area contributed by atoms with Gasteiger partial charge in [-0.3, -0.25) is 14.4 Å². The Kier molecular flexibility index (Phi) is 8.12. The fourth-order valence-electron chi connectivity index (χ4n) is 2.62. The third-order valence-corrected chi connectivity index (χ3v) is 4.03. The number of carbonyl (C=O) groups excluding carboxylic acids is 5. The number of nitrogens with one attached hydrogen (secondary N) is 1. The number of hydrogen-bond donors (Lipinski definition) is 1. The number of hydroxylamine groups is 2. The van der Waals surface area contributed by atoms with Crippen LogP contribution in [0.4, 0.5) is 4.79 Å². The zero-order valence-electron chi connectivity index (χ0n) is 17.7. The Bertz CT molecular complexity index is 816. The lowest BCUT2D eigenvalue weighted by Crippen LogP contribution is -2.45. The van der Waals surface area contributed by atoms with Crippen LogP contribution in [0.2, 0.25) is 0 Å². The number of imide groups is 1. The van der Waals surface area contributed by atoms with E-state index in [0.29, 0.717) is 5.06 Å². The van der Waals surface area contributed by atoms with Crippen molar-refractivity contribution < 1.29 is 38.3 Å². The smallest absolute Gasteiger partial charge is 0.408 e. The monoisotopic (exact) mass is 434 g/mol. The SMILES string of the molecule is CC(C)(C)OC(=O)CC[C@@H](NC(=O)OCc1ccccc1)C(=O)ON1C(=O)CCC1=O. The molecule has 10 nitrogen and oxygen atoms in total. The van der Waals surface area contributed by atoms with Gasteiger partial charge in [0, 0.05) is 19.3 Å². The highest BCUT2D eigenvalue weighted by atomic mass is 16.7. The normalized spacial score (nSPS) is 14.7. The Labute approximate surface area is 179 Å². The van der Waals surface area contributed by atoms with Crippen LogP contribution in [-0.4, -0.2) is 46.6 Å². The Morgan fingerprint density at radius 1 is 1.06 bits per heavy atom. The number of nitrogens with zero attached hydrogens (tertiary/aromatic N) is 1. The lowest BCUT2D eigenvalue weighted by Gasteiger charge is -2.22. The molecular weight excluding hydrogens is 408 g/mol. The zero-order valence-corrected chi connectivity index (χ0v) is 17.7. The van der Waals surface area contributed by atoms with Crippen molar-refractivity contribution in [1.82, 2.24) is 10.4 Å². The molecule has 1 fully saturated rings. The van der Waals surface area contributed by atoms with Crippen molar-refractivity contribution in [1.29, 1.82) is 0 Å². The van der Waals surface area contributed by atoms with E-state index in [-0.39, 0.29) is 32.3 Å². The largest absolute Gasteiger partial charge is 0.460 e. The average molecular weight is 434 g/mol. The Morgan fingerprint density at radius 3 is 2.26 bits per heavy atom. The molecule has 1 aromatic carbocycles. The topological polar surface area (TPSA) is 128 Å². The molecule has 1 saturated heterocycles. The minimum atomic E-state index is -1.34. The first-order valence-corrected chi connectivity index (χ1v) is 9.82. The van der Waals surface area contributed by atoms with Crippen molar-refractivity contribution in [2.45, 2.75) is 64.7 Å². The molecule has 1 aromatic rings. The van der Waals surface area contributed by atoms with E-state index in [9.17, 15) is 24.0 Å². The summed E-state index contributed by atoms with van der Waals surface area (Å²) in [5.74, 6) is -2.96. The molecule has 1 aliphatic heterocycles. The molecule has 0 saturated carbocycles. The van der Waals surface area contributed by atoms with Gasteiger partial charge in [0.2, 0.25) is 0 Å². The molecule has 31 heavy (non-hydrogen) atoms. The van der Waals surface area contributed by atoms with Crippen LogP contribution in [0.15, 0.2) is 30.3 Å². The number of benzene rings is 1. The molecule has 1 atom stereocenters. The Hall–Kier alpha value is -3.43. The van der Waals surface area contributed by atoms with Gasteiger partial charge in [0.1, 0.15) is 18.2 Å². The summed E-state index contributed by atoms with van der Waals surface area (Å²) in [5, 5.41) is 2.69. The number of esters is 1. The van der Waals surface area contributed by atoms with E-state index < -0.39 is 41.5 Å². The van der Waals surface area contributed by atoms with Gasteiger partial charge in [0.25, 0.3) is 11.8 Å². The quantitative estimate of drug-likeness (QED) is 0.486. The molecule has 3 amide bonds. The number of rotatable bonds is 8. The summed E-state index contributed by atoms with van der Waals surface area (Å²) in [6, 6.07) is 7.55. The molecule has 0 aliphatic carbocycles. The van der Waals surface area contributed by atoms with E-state index in [2.05, 4.69) is 5.32 Å². The molecule has 1 heterocycles. The maximum Gasteiger partial charge on any atom is 0.408 e. The van der Waals surface area contributed by atoms with Crippen LogP contribution in [0.5, 0.6) is 0 Å². The van der Waals surface area contributed by atoms with Gasteiger partial charge in [0.15, 0.2) is 0 Å². The van der Waals surface area contributed by atoms with Gasteiger partial charge in [0.05, 0.1) is 0 Å². The molecule has 10 heteroatoms. The van der Waals surface area contributed by atoms with Crippen LogP contribution in [0.25, 0.3) is 0 Å². The molecule has 0 radical (unpaired) electrons. The Balaban J connectivity index is 1.99. The first-order valence-electron chi connectivity index (χ1n) is 9.82.